The number of aryl methyl sites for hydroxylation is 2. The molecule has 1 N–H and O–H groups in total. The summed E-state index contributed by atoms with van der Waals surface area (Å²) in [6.45, 7) is 4.17. The first-order chi connectivity index (χ1) is 12.0. The molecule has 0 unspecified atom stereocenters. The van der Waals surface area contributed by atoms with E-state index >= 15 is 0 Å². The van der Waals surface area contributed by atoms with Crippen LogP contribution in [0.3, 0.4) is 0 Å². The van der Waals surface area contributed by atoms with Crippen LogP contribution in [-0.4, -0.2) is 20.9 Å². The summed E-state index contributed by atoms with van der Waals surface area (Å²) >= 11 is 0. The predicted molar refractivity (Wildman–Crippen MR) is 94.6 cm³/mol. The number of nitrogens with one attached hydrogen (secondary N) is 1. The Labute approximate surface area is 146 Å². The van der Waals surface area contributed by atoms with Crippen molar-refractivity contribution >= 4 is 5.91 Å². The Kier molecular flexibility index (Phi) is 4.79. The zero-order valence-electron chi connectivity index (χ0n) is 14.5. The number of benzene rings is 2. The van der Waals surface area contributed by atoms with E-state index in [4.69, 9.17) is 4.74 Å². The van der Waals surface area contributed by atoms with Gasteiger partial charge in [-0.1, -0.05) is 35.5 Å². The van der Waals surface area contributed by atoms with E-state index in [0.717, 1.165) is 22.6 Å². The minimum atomic E-state index is -0.254. The molecule has 0 aliphatic rings. The highest BCUT2D eigenvalue weighted by Crippen LogP contribution is 2.25. The normalized spacial score (nSPS) is 10.5. The molecule has 3 rings (SSSR count). The zero-order chi connectivity index (χ0) is 17.8. The molecule has 0 radical (unpaired) electrons. The van der Waals surface area contributed by atoms with Crippen molar-refractivity contribution in [1.82, 2.24) is 20.3 Å². The summed E-state index contributed by atoms with van der Waals surface area (Å²) < 4.78 is 7.55. The van der Waals surface area contributed by atoms with Crippen LogP contribution in [0, 0.1) is 13.8 Å². The SMILES string of the molecule is Cc1cccc(Oc2ccccc2CNC(=O)c2nnn(C)c2C)c1. The minimum absolute atomic E-state index is 0.254. The monoisotopic (exact) mass is 336 g/mol. The molecule has 2 aromatic carbocycles. The molecule has 1 aromatic heterocycles. The first-order valence-electron chi connectivity index (χ1n) is 8.01. The first kappa shape index (κ1) is 16.7. The molecule has 1 amide bonds. The Morgan fingerprint density at radius 3 is 2.68 bits per heavy atom. The first-order valence-corrected chi connectivity index (χ1v) is 8.01. The second-order valence-electron chi connectivity index (χ2n) is 5.86. The fourth-order valence-corrected chi connectivity index (χ4v) is 2.43. The number of ether oxygens (including phenoxy) is 1. The molecule has 25 heavy (non-hydrogen) atoms. The van der Waals surface area contributed by atoms with Crippen molar-refractivity contribution in [3.8, 4) is 11.5 Å². The molecule has 0 saturated carbocycles. The number of carbonyl (C=O) groups excluding carboxylic acids is 1. The Hall–Kier alpha value is -3.15. The van der Waals surface area contributed by atoms with Gasteiger partial charge in [0.1, 0.15) is 11.5 Å². The van der Waals surface area contributed by atoms with Gasteiger partial charge in [0.05, 0.1) is 5.69 Å². The van der Waals surface area contributed by atoms with Crippen molar-refractivity contribution < 1.29 is 9.53 Å². The molecule has 6 nitrogen and oxygen atoms in total. The summed E-state index contributed by atoms with van der Waals surface area (Å²) in [5.74, 6) is 1.23. The maximum Gasteiger partial charge on any atom is 0.274 e. The molecule has 0 atom stereocenters. The summed E-state index contributed by atoms with van der Waals surface area (Å²) in [5.41, 5.74) is 3.07. The predicted octanol–water partition coefficient (Wildman–Crippen LogP) is 3.15. The van der Waals surface area contributed by atoms with E-state index in [-0.39, 0.29) is 5.91 Å². The molecule has 0 fully saturated rings. The van der Waals surface area contributed by atoms with Crippen molar-refractivity contribution in [3.63, 3.8) is 0 Å². The molecule has 6 heteroatoms. The molecular weight excluding hydrogens is 316 g/mol. The van der Waals surface area contributed by atoms with Gasteiger partial charge in [0.25, 0.3) is 5.91 Å². The Balaban J connectivity index is 1.73. The summed E-state index contributed by atoms with van der Waals surface area (Å²) in [6, 6.07) is 15.5. The van der Waals surface area contributed by atoms with Gasteiger partial charge in [-0.15, -0.1) is 5.10 Å². The molecule has 0 aliphatic heterocycles. The van der Waals surface area contributed by atoms with Gasteiger partial charge in [0.2, 0.25) is 0 Å². The molecule has 1 heterocycles. The Morgan fingerprint density at radius 2 is 1.96 bits per heavy atom. The second-order valence-corrected chi connectivity index (χ2v) is 5.86. The van der Waals surface area contributed by atoms with E-state index < -0.39 is 0 Å². The van der Waals surface area contributed by atoms with Gasteiger partial charge >= 0.3 is 0 Å². The quantitative estimate of drug-likeness (QED) is 0.777. The van der Waals surface area contributed by atoms with Gasteiger partial charge < -0.3 is 10.1 Å². The molecule has 0 spiro atoms. The highest BCUT2D eigenvalue weighted by Gasteiger charge is 2.15. The van der Waals surface area contributed by atoms with Crippen molar-refractivity contribution in [2.75, 3.05) is 0 Å². The number of rotatable bonds is 5. The summed E-state index contributed by atoms with van der Waals surface area (Å²) in [7, 11) is 1.75. The van der Waals surface area contributed by atoms with Crippen molar-refractivity contribution in [2.45, 2.75) is 20.4 Å². The van der Waals surface area contributed by atoms with Crippen LogP contribution in [-0.2, 0) is 13.6 Å². The van der Waals surface area contributed by atoms with Gasteiger partial charge in [0, 0.05) is 19.2 Å². The highest BCUT2D eigenvalue weighted by atomic mass is 16.5. The van der Waals surface area contributed by atoms with Crippen molar-refractivity contribution in [2.24, 2.45) is 7.05 Å². The lowest BCUT2D eigenvalue weighted by atomic mass is 10.2. The van der Waals surface area contributed by atoms with E-state index in [1.807, 2.05) is 62.4 Å². The number of para-hydroxylation sites is 1. The average Bonchev–Trinajstić information content (AvgIpc) is 2.93. The molecule has 128 valence electrons. The van der Waals surface area contributed by atoms with Crippen LogP contribution in [0.1, 0.15) is 27.3 Å². The zero-order valence-corrected chi connectivity index (χ0v) is 14.5. The van der Waals surface area contributed by atoms with Crippen molar-refractivity contribution in [1.29, 1.82) is 0 Å². The topological polar surface area (TPSA) is 69.0 Å². The number of nitrogens with zero attached hydrogens (tertiary/aromatic N) is 3. The van der Waals surface area contributed by atoms with Crippen molar-refractivity contribution in [3.05, 3.63) is 71.0 Å². The smallest absolute Gasteiger partial charge is 0.274 e. The largest absolute Gasteiger partial charge is 0.457 e. The number of hydrogen-bond acceptors (Lipinski definition) is 4. The third kappa shape index (κ3) is 3.85. The minimum Gasteiger partial charge on any atom is -0.457 e. The Bertz CT molecular complexity index is 902. The molecule has 0 saturated heterocycles. The standard InChI is InChI=1S/C19H20N4O2/c1-13-7-6-9-16(11-13)25-17-10-5-4-8-15(17)12-20-19(24)18-14(2)23(3)22-21-18/h4-11H,12H2,1-3H3,(H,20,24). The lowest BCUT2D eigenvalue weighted by Crippen LogP contribution is -2.24. The van der Waals surface area contributed by atoms with E-state index in [1.54, 1.807) is 11.7 Å². The maximum absolute atomic E-state index is 12.3. The molecule has 3 aromatic rings. The van der Waals surface area contributed by atoms with Crippen LogP contribution >= 0.6 is 0 Å². The average molecular weight is 336 g/mol. The van der Waals surface area contributed by atoms with E-state index in [9.17, 15) is 4.79 Å². The van der Waals surface area contributed by atoms with Gasteiger partial charge in [-0.05, 0) is 37.6 Å². The lowest BCUT2D eigenvalue weighted by molar-refractivity contribution is 0.0945. The number of hydrogen-bond donors (Lipinski definition) is 1. The summed E-state index contributed by atoms with van der Waals surface area (Å²) in [6.07, 6.45) is 0. The highest BCUT2D eigenvalue weighted by molar-refractivity contribution is 5.93. The third-order valence-electron chi connectivity index (χ3n) is 3.95. The van der Waals surface area contributed by atoms with Crippen LogP contribution in [0.25, 0.3) is 0 Å². The fourth-order valence-electron chi connectivity index (χ4n) is 2.43. The summed E-state index contributed by atoms with van der Waals surface area (Å²) in [4.78, 5) is 12.3. The Morgan fingerprint density at radius 1 is 1.16 bits per heavy atom. The van der Waals surface area contributed by atoms with Gasteiger partial charge in [-0.2, -0.15) is 0 Å². The van der Waals surface area contributed by atoms with Crippen LogP contribution in [0.5, 0.6) is 11.5 Å². The van der Waals surface area contributed by atoms with Crippen LogP contribution in [0.4, 0.5) is 0 Å². The number of carbonyl (C=O) groups is 1. The van der Waals surface area contributed by atoms with Gasteiger partial charge in [-0.25, -0.2) is 0 Å². The maximum atomic E-state index is 12.3. The van der Waals surface area contributed by atoms with E-state index in [0.29, 0.717) is 18.0 Å². The van der Waals surface area contributed by atoms with Crippen LogP contribution in [0.2, 0.25) is 0 Å². The van der Waals surface area contributed by atoms with Crippen LogP contribution < -0.4 is 10.1 Å². The van der Waals surface area contributed by atoms with Crippen LogP contribution in [0.15, 0.2) is 48.5 Å². The fraction of sp³-hybridized carbons (Fsp3) is 0.211. The van der Waals surface area contributed by atoms with Gasteiger partial charge in [0.15, 0.2) is 5.69 Å². The number of aromatic nitrogens is 3. The van der Waals surface area contributed by atoms with E-state index in [2.05, 4.69) is 15.6 Å². The lowest BCUT2D eigenvalue weighted by Gasteiger charge is -2.12. The molecular formula is C19H20N4O2. The third-order valence-corrected chi connectivity index (χ3v) is 3.95. The molecule has 0 bridgehead atoms. The summed E-state index contributed by atoms with van der Waals surface area (Å²) in [5, 5.41) is 10.6. The number of amides is 1. The molecule has 0 aliphatic carbocycles. The van der Waals surface area contributed by atoms with Gasteiger partial charge in [-0.3, -0.25) is 9.48 Å². The second kappa shape index (κ2) is 7.17. The van der Waals surface area contributed by atoms with E-state index in [1.165, 1.54) is 0 Å².